The minimum absolute atomic E-state index is 0.0519. The summed E-state index contributed by atoms with van der Waals surface area (Å²) >= 11 is 13.4. The second-order valence-electron chi connectivity index (χ2n) is 3.86. The molecule has 5 heteroatoms. The van der Waals surface area contributed by atoms with E-state index in [9.17, 15) is 0 Å². The van der Waals surface area contributed by atoms with Crippen molar-refractivity contribution in [2.24, 2.45) is 5.73 Å². The van der Waals surface area contributed by atoms with Crippen molar-refractivity contribution in [2.45, 2.75) is 22.9 Å². The largest absolute Gasteiger partial charge is 0.324 e. The number of hydrogen-bond acceptors (Lipinski definition) is 3. The van der Waals surface area contributed by atoms with Gasteiger partial charge in [-0.3, -0.25) is 0 Å². The Balaban J connectivity index is 2.31. The van der Waals surface area contributed by atoms with E-state index in [0.717, 1.165) is 15.5 Å². The molecular weight excluding hydrogens is 287 g/mol. The van der Waals surface area contributed by atoms with Crippen LogP contribution in [0.25, 0.3) is 0 Å². The highest BCUT2D eigenvalue weighted by molar-refractivity contribution is 7.99. The van der Waals surface area contributed by atoms with Gasteiger partial charge in [-0.25, -0.2) is 4.98 Å². The average molecular weight is 299 g/mol. The normalized spacial score (nSPS) is 12.4. The van der Waals surface area contributed by atoms with Crippen molar-refractivity contribution in [3.8, 4) is 0 Å². The van der Waals surface area contributed by atoms with Gasteiger partial charge in [0, 0.05) is 22.7 Å². The third-order valence-electron chi connectivity index (χ3n) is 2.40. The molecule has 0 saturated heterocycles. The van der Waals surface area contributed by atoms with Crippen molar-refractivity contribution in [1.29, 1.82) is 0 Å². The highest BCUT2D eigenvalue weighted by Gasteiger charge is 2.09. The number of hydrogen-bond donors (Lipinski definition) is 1. The number of aromatic nitrogens is 1. The molecule has 2 aromatic rings. The maximum atomic E-state index is 5.99. The van der Waals surface area contributed by atoms with E-state index < -0.39 is 0 Å². The van der Waals surface area contributed by atoms with Crippen LogP contribution in [-0.2, 0) is 0 Å². The maximum Gasteiger partial charge on any atom is 0.105 e. The maximum absolute atomic E-state index is 5.99. The summed E-state index contributed by atoms with van der Waals surface area (Å²) in [6, 6.07) is 9.34. The summed E-state index contributed by atoms with van der Waals surface area (Å²) in [4.78, 5) is 5.34. The van der Waals surface area contributed by atoms with Crippen LogP contribution >= 0.6 is 35.0 Å². The fraction of sp³-hybridized carbons (Fsp3) is 0.154. The van der Waals surface area contributed by atoms with Crippen LogP contribution in [0.15, 0.2) is 46.5 Å². The molecule has 0 fully saturated rings. The summed E-state index contributed by atoms with van der Waals surface area (Å²) in [6.45, 7) is 1.94. The Kier molecular flexibility index (Phi) is 4.51. The van der Waals surface area contributed by atoms with Crippen LogP contribution < -0.4 is 5.73 Å². The first kappa shape index (κ1) is 13.7. The molecule has 0 bridgehead atoms. The topological polar surface area (TPSA) is 38.9 Å². The van der Waals surface area contributed by atoms with Crippen LogP contribution in [0.4, 0.5) is 0 Å². The minimum Gasteiger partial charge on any atom is -0.324 e. The highest BCUT2D eigenvalue weighted by Crippen LogP contribution is 2.34. The van der Waals surface area contributed by atoms with Gasteiger partial charge in [-0.05, 0) is 31.2 Å². The molecule has 1 aromatic carbocycles. The lowest BCUT2D eigenvalue weighted by molar-refractivity contribution is 0.779. The van der Waals surface area contributed by atoms with Gasteiger partial charge in [-0.1, -0.05) is 41.0 Å². The van der Waals surface area contributed by atoms with E-state index in [-0.39, 0.29) is 6.04 Å². The lowest BCUT2D eigenvalue weighted by atomic mass is 10.2. The lowest BCUT2D eigenvalue weighted by Gasteiger charge is -2.11. The van der Waals surface area contributed by atoms with E-state index in [4.69, 9.17) is 28.9 Å². The Morgan fingerprint density at radius 3 is 2.67 bits per heavy atom. The molecule has 0 aliphatic rings. The molecule has 0 aliphatic heterocycles. The van der Waals surface area contributed by atoms with Crippen LogP contribution in [-0.4, -0.2) is 4.98 Å². The van der Waals surface area contributed by atoms with Crippen LogP contribution in [0, 0.1) is 0 Å². The van der Waals surface area contributed by atoms with E-state index in [1.807, 2.05) is 31.2 Å². The molecule has 1 heterocycles. The Morgan fingerprint density at radius 1 is 1.22 bits per heavy atom. The predicted molar refractivity (Wildman–Crippen MR) is 77.4 cm³/mol. The molecule has 0 amide bonds. The first-order valence-electron chi connectivity index (χ1n) is 5.41. The quantitative estimate of drug-likeness (QED) is 0.903. The Bertz CT molecular complexity index is 558. The molecular formula is C13H12Cl2N2S. The van der Waals surface area contributed by atoms with Crippen molar-refractivity contribution in [2.75, 3.05) is 0 Å². The van der Waals surface area contributed by atoms with E-state index in [1.54, 1.807) is 12.3 Å². The van der Waals surface area contributed by atoms with Crippen LogP contribution in [0.1, 0.15) is 18.5 Å². The van der Waals surface area contributed by atoms with Gasteiger partial charge >= 0.3 is 0 Å². The predicted octanol–water partition coefficient (Wildman–Crippen LogP) is 4.56. The van der Waals surface area contributed by atoms with Gasteiger partial charge in [0.2, 0.25) is 0 Å². The molecule has 2 N–H and O–H groups in total. The van der Waals surface area contributed by atoms with Crippen LogP contribution in [0.3, 0.4) is 0 Å². The van der Waals surface area contributed by atoms with Crippen molar-refractivity contribution in [3.05, 3.63) is 52.1 Å². The van der Waals surface area contributed by atoms with Gasteiger partial charge in [0.1, 0.15) is 5.03 Å². The van der Waals surface area contributed by atoms with E-state index in [2.05, 4.69) is 4.98 Å². The average Bonchev–Trinajstić information content (AvgIpc) is 2.34. The summed E-state index contributed by atoms with van der Waals surface area (Å²) in [6.07, 6.45) is 1.76. The van der Waals surface area contributed by atoms with Gasteiger partial charge in [0.05, 0.1) is 10.0 Å². The lowest BCUT2D eigenvalue weighted by Crippen LogP contribution is -2.07. The first-order chi connectivity index (χ1) is 8.58. The molecule has 18 heavy (non-hydrogen) atoms. The fourth-order valence-electron chi connectivity index (χ4n) is 1.49. The van der Waals surface area contributed by atoms with Gasteiger partial charge in [0.25, 0.3) is 0 Å². The molecule has 0 radical (unpaired) electrons. The van der Waals surface area contributed by atoms with E-state index in [0.29, 0.717) is 10.0 Å². The summed E-state index contributed by atoms with van der Waals surface area (Å²) in [5, 5.41) is 1.99. The number of pyridine rings is 1. The Hall–Kier alpha value is -0.740. The number of nitrogens with two attached hydrogens (primary N) is 1. The summed E-state index contributed by atoms with van der Waals surface area (Å²) in [5.74, 6) is 0. The van der Waals surface area contributed by atoms with Gasteiger partial charge in [0.15, 0.2) is 0 Å². The highest BCUT2D eigenvalue weighted by atomic mass is 35.5. The van der Waals surface area contributed by atoms with E-state index >= 15 is 0 Å². The summed E-state index contributed by atoms with van der Waals surface area (Å²) in [5.41, 5.74) is 6.94. The van der Waals surface area contributed by atoms with Crippen LogP contribution in [0.5, 0.6) is 0 Å². The number of nitrogens with zero attached hydrogens (tertiary/aromatic N) is 1. The van der Waals surface area contributed by atoms with Gasteiger partial charge < -0.3 is 5.73 Å². The van der Waals surface area contributed by atoms with Crippen molar-refractivity contribution < 1.29 is 0 Å². The third kappa shape index (κ3) is 3.18. The molecule has 1 aromatic heterocycles. The molecule has 2 rings (SSSR count). The molecule has 2 nitrogen and oxygen atoms in total. The fourth-order valence-corrected chi connectivity index (χ4v) is 2.87. The van der Waals surface area contributed by atoms with E-state index in [1.165, 1.54) is 11.8 Å². The number of halogens is 2. The first-order valence-corrected chi connectivity index (χ1v) is 6.98. The summed E-state index contributed by atoms with van der Waals surface area (Å²) < 4.78 is 0. The standard InChI is InChI=1S/C13H12Cl2N2S/c1-8(16)10-3-2-6-17-13(10)18-9-4-5-11(14)12(15)7-9/h2-8H,16H2,1H3/t8-/m0/s1. The SMILES string of the molecule is C[C@H](N)c1cccnc1Sc1ccc(Cl)c(Cl)c1. The smallest absolute Gasteiger partial charge is 0.105 e. The zero-order valence-electron chi connectivity index (χ0n) is 9.73. The molecule has 94 valence electrons. The number of benzene rings is 1. The Labute approximate surface area is 121 Å². The van der Waals surface area contributed by atoms with Crippen molar-refractivity contribution in [3.63, 3.8) is 0 Å². The molecule has 1 atom stereocenters. The number of rotatable bonds is 3. The molecule has 0 saturated carbocycles. The zero-order chi connectivity index (χ0) is 13.1. The minimum atomic E-state index is -0.0519. The van der Waals surface area contributed by atoms with Crippen LogP contribution in [0.2, 0.25) is 10.0 Å². The zero-order valence-corrected chi connectivity index (χ0v) is 12.1. The van der Waals surface area contributed by atoms with Crippen molar-refractivity contribution >= 4 is 35.0 Å². The Morgan fingerprint density at radius 2 is 2.00 bits per heavy atom. The molecule has 0 aliphatic carbocycles. The second kappa shape index (κ2) is 5.93. The van der Waals surface area contributed by atoms with Gasteiger partial charge in [-0.15, -0.1) is 0 Å². The molecule has 0 spiro atoms. The third-order valence-corrected chi connectivity index (χ3v) is 4.16. The monoisotopic (exact) mass is 298 g/mol. The van der Waals surface area contributed by atoms with Crippen molar-refractivity contribution in [1.82, 2.24) is 4.98 Å². The molecule has 0 unspecified atom stereocenters. The van der Waals surface area contributed by atoms with Gasteiger partial charge in [-0.2, -0.15) is 0 Å². The summed E-state index contributed by atoms with van der Waals surface area (Å²) in [7, 11) is 0. The second-order valence-corrected chi connectivity index (χ2v) is 5.74.